The number of carbonyl (C=O) groups is 2. The van der Waals surface area contributed by atoms with Crippen molar-refractivity contribution in [1.82, 2.24) is 0 Å². The van der Waals surface area contributed by atoms with Gasteiger partial charge >= 0.3 is 19.8 Å². The molecule has 0 amide bonds. The van der Waals surface area contributed by atoms with Crippen LogP contribution >= 0.6 is 7.82 Å². The lowest BCUT2D eigenvalue weighted by Crippen LogP contribution is -2.34. The first-order valence-corrected chi connectivity index (χ1v) is 21.5. The molecule has 51 heavy (non-hydrogen) atoms. The Bertz CT molecular complexity index is 956. The van der Waals surface area contributed by atoms with Crippen molar-refractivity contribution in [1.29, 1.82) is 0 Å². The lowest BCUT2D eigenvalue weighted by atomic mass is 10.1. The molecule has 0 saturated heterocycles. The van der Waals surface area contributed by atoms with Gasteiger partial charge in [0.1, 0.15) is 12.1 Å². The van der Waals surface area contributed by atoms with Crippen molar-refractivity contribution in [2.75, 3.05) is 26.4 Å². The summed E-state index contributed by atoms with van der Waals surface area (Å²) in [6, 6.07) is -1.47. The van der Waals surface area contributed by atoms with Crippen LogP contribution in [0.3, 0.4) is 0 Å². The largest absolute Gasteiger partial charge is 0.480 e. The molecule has 0 bridgehead atoms. The SMILES string of the molecule is CCC/C=C\C/C=C\CCCCCCCCOCC(COP(=O)(O)OCC(N)C(=O)O)OC(=O)CCCCCCC/C=C\CCCCCCCC. The highest BCUT2D eigenvalue weighted by Gasteiger charge is 2.27. The van der Waals surface area contributed by atoms with E-state index >= 15 is 0 Å². The van der Waals surface area contributed by atoms with Gasteiger partial charge in [0.05, 0.1) is 19.8 Å². The number of aliphatic carboxylic acids is 1. The van der Waals surface area contributed by atoms with Gasteiger partial charge in [0.15, 0.2) is 0 Å². The van der Waals surface area contributed by atoms with Crippen LogP contribution in [0, 0.1) is 0 Å². The van der Waals surface area contributed by atoms with E-state index in [1.54, 1.807) is 0 Å². The quantitative estimate of drug-likeness (QED) is 0.0241. The maximum absolute atomic E-state index is 12.6. The van der Waals surface area contributed by atoms with Gasteiger partial charge in [-0.1, -0.05) is 134 Å². The number of unbranched alkanes of at least 4 members (excludes halogenated alkanes) is 18. The van der Waals surface area contributed by atoms with E-state index in [4.69, 9.17) is 29.4 Å². The highest BCUT2D eigenvalue weighted by molar-refractivity contribution is 7.47. The molecule has 4 N–H and O–H groups in total. The predicted molar refractivity (Wildman–Crippen MR) is 208 cm³/mol. The van der Waals surface area contributed by atoms with E-state index in [1.165, 1.54) is 70.6 Å². The predicted octanol–water partition coefficient (Wildman–Crippen LogP) is 10.5. The molecule has 0 spiro atoms. The fourth-order valence-electron chi connectivity index (χ4n) is 5.22. The fourth-order valence-corrected chi connectivity index (χ4v) is 6.00. The molecular weight excluding hydrogens is 669 g/mol. The number of allylic oxidation sites excluding steroid dienone is 6. The summed E-state index contributed by atoms with van der Waals surface area (Å²) in [7, 11) is -4.62. The Labute approximate surface area is 310 Å². The highest BCUT2D eigenvalue weighted by Crippen LogP contribution is 2.43. The minimum Gasteiger partial charge on any atom is -0.480 e. The zero-order chi connectivity index (χ0) is 37.7. The molecule has 0 rings (SSSR count). The van der Waals surface area contributed by atoms with Gasteiger partial charge in [-0.25, -0.2) is 4.57 Å². The Hall–Kier alpha value is -1.81. The number of phosphoric acid groups is 1. The lowest BCUT2D eigenvalue weighted by Gasteiger charge is -2.20. The van der Waals surface area contributed by atoms with Gasteiger partial charge in [0.2, 0.25) is 0 Å². The molecule has 0 aromatic carbocycles. The smallest absolute Gasteiger partial charge is 0.472 e. The van der Waals surface area contributed by atoms with Gasteiger partial charge < -0.3 is 25.2 Å². The third kappa shape index (κ3) is 36.3. The van der Waals surface area contributed by atoms with Crippen LogP contribution in [0.2, 0.25) is 0 Å². The third-order valence-electron chi connectivity index (χ3n) is 8.37. The topological polar surface area (TPSA) is 155 Å². The zero-order valence-corrected chi connectivity index (χ0v) is 33.1. The molecule has 11 heteroatoms. The number of esters is 1. The summed E-state index contributed by atoms with van der Waals surface area (Å²) >= 11 is 0. The number of carboxylic acids is 1. The Morgan fingerprint density at radius 2 is 1.12 bits per heavy atom. The van der Waals surface area contributed by atoms with Crippen molar-refractivity contribution in [3.63, 3.8) is 0 Å². The maximum Gasteiger partial charge on any atom is 0.472 e. The second-order valence-corrected chi connectivity index (χ2v) is 14.9. The van der Waals surface area contributed by atoms with Crippen LogP contribution in [-0.4, -0.2) is 60.5 Å². The minimum atomic E-state index is -4.62. The van der Waals surface area contributed by atoms with Crippen molar-refractivity contribution in [2.24, 2.45) is 5.73 Å². The van der Waals surface area contributed by atoms with Gasteiger partial charge in [0.25, 0.3) is 0 Å². The van der Waals surface area contributed by atoms with E-state index in [2.05, 4.69) is 50.3 Å². The van der Waals surface area contributed by atoms with Crippen LogP contribution in [0.25, 0.3) is 0 Å². The second-order valence-electron chi connectivity index (χ2n) is 13.4. The summed E-state index contributed by atoms with van der Waals surface area (Å²) in [5.74, 6) is -1.79. The maximum atomic E-state index is 12.6. The van der Waals surface area contributed by atoms with Crippen LogP contribution in [-0.2, 0) is 32.7 Å². The first kappa shape index (κ1) is 49.2. The summed E-state index contributed by atoms with van der Waals surface area (Å²) < 4.78 is 33.2. The molecule has 0 radical (unpaired) electrons. The average molecular weight is 744 g/mol. The molecule has 0 saturated carbocycles. The number of carbonyl (C=O) groups excluding carboxylic acids is 1. The van der Waals surface area contributed by atoms with E-state index < -0.39 is 45.1 Å². The monoisotopic (exact) mass is 744 g/mol. The molecule has 0 aliphatic carbocycles. The Kier molecular flexibility index (Phi) is 35.2. The number of hydrogen-bond acceptors (Lipinski definition) is 8. The number of ether oxygens (including phenoxy) is 2. The summed E-state index contributed by atoms with van der Waals surface area (Å²) in [5, 5.41) is 8.87. The van der Waals surface area contributed by atoms with Crippen molar-refractivity contribution in [2.45, 2.75) is 180 Å². The molecule has 3 atom stereocenters. The highest BCUT2D eigenvalue weighted by atomic mass is 31.2. The van der Waals surface area contributed by atoms with E-state index in [1.807, 2.05) is 0 Å². The molecule has 298 valence electrons. The molecule has 0 fully saturated rings. The lowest BCUT2D eigenvalue weighted by molar-refractivity contribution is -0.154. The molecule has 0 aliphatic heterocycles. The molecule has 0 aliphatic rings. The second kappa shape index (κ2) is 36.5. The average Bonchev–Trinajstić information content (AvgIpc) is 3.10. The van der Waals surface area contributed by atoms with Crippen LogP contribution in [0.1, 0.15) is 168 Å². The molecule has 0 heterocycles. The third-order valence-corrected chi connectivity index (χ3v) is 9.32. The van der Waals surface area contributed by atoms with Gasteiger partial charge in [-0.2, -0.15) is 0 Å². The van der Waals surface area contributed by atoms with E-state index in [-0.39, 0.29) is 13.0 Å². The first-order valence-electron chi connectivity index (χ1n) is 20.0. The number of rotatable bonds is 38. The van der Waals surface area contributed by atoms with Crippen molar-refractivity contribution >= 4 is 19.8 Å². The summed E-state index contributed by atoms with van der Waals surface area (Å²) in [6.07, 6.45) is 39.0. The van der Waals surface area contributed by atoms with Crippen LogP contribution in [0.4, 0.5) is 0 Å². The number of carboxylic acid groups (broad SMARTS) is 1. The molecular formula is C40H74NO9P. The Morgan fingerprint density at radius 1 is 0.627 bits per heavy atom. The fraction of sp³-hybridized carbons (Fsp3) is 0.800. The molecule has 0 aromatic heterocycles. The Balaban J connectivity index is 4.31. The first-order chi connectivity index (χ1) is 24.7. The zero-order valence-electron chi connectivity index (χ0n) is 32.2. The minimum absolute atomic E-state index is 0.00667. The molecule has 3 unspecified atom stereocenters. The van der Waals surface area contributed by atoms with Crippen molar-refractivity contribution in [3.05, 3.63) is 36.5 Å². The molecule has 10 nitrogen and oxygen atoms in total. The normalized spacial score (nSPS) is 14.4. The van der Waals surface area contributed by atoms with E-state index in [9.17, 15) is 19.0 Å². The summed E-state index contributed by atoms with van der Waals surface area (Å²) in [5.41, 5.74) is 5.34. The summed E-state index contributed by atoms with van der Waals surface area (Å²) in [4.78, 5) is 33.4. The summed E-state index contributed by atoms with van der Waals surface area (Å²) in [6.45, 7) is 3.77. The van der Waals surface area contributed by atoms with E-state index in [0.29, 0.717) is 13.0 Å². The van der Waals surface area contributed by atoms with Gasteiger partial charge in [-0.15, -0.1) is 0 Å². The number of nitrogens with two attached hydrogens (primary N) is 1. The van der Waals surface area contributed by atoms with Crippen LogP contribution in [0.5, 0.6) is 0 Å². The van der Waals surface area contributed by atoms with Crippen molar-refractivity contribution < 1.29 is 42.7 Å². The Morgan fingerprint density at radius 3 is 1.69 bits per heavy atom. The number of hydrogen-bond donors (Lipinski definition) is 3. The number of phosphoric ester groups is 1. The van der Waals surface area contributed by atoms with Gasteiger partial charge in [0, 0.05) is 13.0 Å². The van der Waals surface area contributed by atoms with Gasteiger partial charge in [-0.3, -0.25) is 18.6 Å². The van der Waals surface area contributed by atoms with E-state index in [0.717, 1.165) is 70.6 Å². The standard InChI is InChI=1S/C40H74NO9P/c1-3-5-7-9-11-13-15-17-19-20-22-24-26-28-30-32-39(42)50-37(35-48-51(45,46)49-36-38(41)40(43)44)34-47-33-31-29-27-25-23-21-18-16-14-12-10-8-6-4-2/h8,10,14,16-17,19,37-38H,3-7,9,11-13,15,18,20-36,41H2,1-2H3,(H,43,44)(H,45,46)/b10-8-,16-14-,19-17-. The van der Waals surface area contributed by atoms with Crippen LogP contribution < -0.4 is 5.73 Å². The van der Waals surface area contributed by atoms with Crippen molar-refractivity contribution in [3.8, 4) is 0 Å². The molecule has 0 aromatic rings. The van der Waals surface area contributed by atoms with Gasteiger partial charge in [-0.05, 0) is 64.2 Å². The van der Waals surface area contributed by atoms with Crippen LogP contribution in [0.15, 0.2) is 36.5 Å².